The number of alkyl carbamates (subject to hydrolysis) is 1. The number of hydrogen-bond donors (Lipinski definition) is 3. The molecule has 4 aliphatic rings. The lowest BCUT2D eigenvalue weighted by Crippen LogP contribution is -2.82. The first-order valence-corrected chi connectivity index (χ1v) is 20.1. The van der Waals surface area contributed by atoms with Crippen molar-refractivity contribution < 1.29 is 67.3 Å². The largest absolute Gasteiger partial charge is 0.456 e. The number of nitrogens with one attached hydrogen (secondary N) is 1. The summed E-state index contributed by atoms with van der Waals surface area (Å²) in [6, 6.07) is 15.1. The molecule has 2 aromatic carbocycles. The maximum atomic E-state index is 15.5. The number of methoxy groups -OCH3 is 2. The van der Waals surface area contributed by atoms with Crippen LogP contribution in [0, 0.1) is 16.7 Å². The van der Waals surface area contributed by atoms with Gasteiger partial charge in [-0.15, -0.1) is 0 Å². The number of Topliss-reactive ketones (excluding diaryl/α,β-unsaturated/α-hetero) is 1. The van der Waals surface area contributed by atoms with E-state index in [1.807, 2.05) is 0 Å². The fraction of sp³-hybridized carbons (Fsp3) is 0.578. The summed E-state index contributed by atoms with van der Waals surface area (Å²) in [7, 11) is 2.78. The van der Waals surface area contributed by atoms with Gasteiger partial charge in [0.2, 0.25) is 0 Å². The zero-order chi connectivity index (χ0) is 44.2. The van der Waals surface area contributed by atoms with Gasteiger partial charge >= 0.3 is 24.0 Å². The van der Waals surface area contributed by atoms with Gasteiger partial charge in [0, 0.05) is 39.4 Å². The molecule has 3 fully saturated rings. The average molecular weight is 836 g/mol. The minimum absolute atomic E-state index is 0.121. The normalized spacial score (nSPS) is 33.0. The zero-order valence-electron chi connectivity index (χ0n) is 35.8. The van der Waals surface area contributed by atoms with E-state index in [9.17, 15) is 29.4 Å². The highest BCUT2D eigenvalue weighted by Gasteiger charge is 2.78. The summed E-state index contributed by atoms with van der Waals surface area (Å²) in [5.74, 6) is -4.52. The van der Waals surface area contributed by atoms with Crippen LogP contribution in [0.25, 0.3) is 0 Å². The Labute approximate surface area is 350 Å². The molecule has 1 heterocycles. The standard InChI is InChI=1S/C45H57NO14/c1-24-28(57-39(51)33(48)32(26-17-13-11-14-18-26)46-40(52)60-41(3,4)5)22-45(53)37(58-38(50)27-19-15-12-16-20-27)35-43(8,36(49)34(55-10)31(24)42(45,6)7)29(54-9)21-30-44(35,23-56-30)59-25(2)47/h11-20,28-30,32-35,37,48,53H,21-23H2,1-10H3,(H,46,52)/t28-,29-,30+,32-,33+,34+,35-,37?,43+,44-,45+/m0/s1. The maximum absolute atomic E-state index is 15.5. The van der Waals surface area contributed by atoms with E-state index in [2.05, 4.69) is 5.32 Å². The van der Waals surface area contributed by atoms with Crippen molar-refractivity contribution >= 4 is 29.8 Å². The number of amides is 1. The number of ether oxygens (including phenoxy) is 7. The number of aliphatic hydroxyl groups excluding tert-OH is 1. The van der Waals surface area contributed by atoms with Crippen LogP contribution < -0.4 is 5.32 Å². The molecule has 1 aliphatic heterocycles. The summed E-state index contributed by atoms with van der Waals surface area (Å²) < 4.78 is 42.4. The van der Waals surface area contributed by atoms with Crippen LogP contribution in [-0.4, -0.2) is 114 Å². The number of ketones is 1. The molecule has 0 radical (unpaired) electrons. The van der Waals surface area contributed by atoms with Crippen LogP contribution in [0.3, 0.4) is 0 Å². The molecule has 15 heteroatoms. The van der Waals surface area contributed by atoms with Gasteiger partial charge in [0.25, 0.3) is 0 Å². The Hall–Kier alpha value is -4.67. The fourth-order valence-electron chi connectivity index (χ4n) is 10.1. The molecule has 1 unspecified atom stereocenters. The van der Waals surface area contributed by atoms with E-state index >= 15 is 4.79 Å². The lowest BCUT2D eigenvalue weighted by atomic mass is 9.44. The Bertz CT molecular complexity index is 2010. The predicted molar refractivity (Wildman–Crippen MR) is 213 cm³/mol. The van der Waals surface area contributed by atoms with E-state index in [0.29, 0.717) is 11.1 Å². The molecular weight excluding hydrogens is 778 g/mol. The lowest BCUT2D eigenvalue weighted by molar-refractivity contribution is -0.347. The van der Waals surface area contributed by atoms with Crippen LogP contribution in [0.1, 0.15) is 90.2 Å². The summed E-state index contributed by atoms with van der Waals surface area (Å²) in [5.41, 5.74) is -6.72. The molecule has 2 saturated carbocycles. The third-order valence-corrected chi connectivity index (χ3v) is 13.0. The number of rotatable bonds is 10. The van der Waals surface area contributed by atoms with Crippen LogP contribution in [0.15, 0.2) is 71.8 Å². The molecule has 0 aromatic heterocycles. The minimum atomic E-state index is -2.22. The highest BCUT2D eigenvalue weighted by Crippen LogP contribution is 2.64. The lowest BCUT2D eigenvalue weighted by Gasteiger charge is -2.67. The molecule has 15 nitrogen and oxygen atoms in total. The third kappa shape index (κ3) is 7.52. The van der Waals surface area contributed by atoms with Gasteiger partial charge in [-0.2, -0.15) is 0 Å². The number of aliphatic hydroxyl groups is 2. The monoisotopic (exact) mass is 835 g/mol. The van der Waals surface area contributed by atoms with Crippen molar-refractivity contribution in [2.45, 2.75) is 128 Å². The van der Waals surface area contributed by atoms with Crippen LogP contribution in [0.4, 0.5) is 4.79 Å². The second kappa shape index (κ2) is 16.3. The van der Waals surface area contributed by atoms with Gasteiger partial charge in [0.15, 0.2) is 17.5 Å². The van der Waals surface area contributed by atoms with Gasteiger partial charge in [0.05, 0.1) is 35.6 Å². The van der Waals surface area contributed by atoms with Gasteiger partial charge in [-0.1, -0.05) is 62.4 Å². The van der Waals surface area contributed by atoms with Gasteiger partial charge in [-0.05, 0) is 63.5 Å². The maximum Gasteiger partial charge on any atom is 0.408 e. The summed E-state index contributed by atoms with van der Waals surface area (Å²) in [5, 5.41) is 28.0. The minimum Gasteiger partial charge on any atom is -0.456 e. The summed E-state index contributed by atoms with van der Waals surface area (Å²) in [6.45, 7) is 12.7. The quantitative estimate of drug-likeness (QED) is 0.171. The van der Waals surface area contributed by atoms with Crippen LogP contribution >= 0.6 is 0 Å². The molecule has 326 valence electrons. The molecule has 3 N–H and O–H groups in total. The van der Waals surface area contributed by atoms with Crippen molar-refractivity contribution in [1.82, 2.24) is 5.32 Å². The molecule has 3 aliphatic carbocycles. The second-order valence-electron chi connectivity index (χ2n) is 18.0. The summed E-state index contributed by atoms with van der Waals surface area (Å²) >= 11 is 0. The first-order chi connectivity index (χ1) is 28.1. The molecule has 2 bridgehead atoms. The smallest absolute Gasteiger partial charge is 0.408 e. The van der Waals surface area contributed by atoms with Gasteiger partial charge < -0.3 is 48.7 Å². The van der Waals surface area contributed by atoms with Crippen molar-refractivity contribution in [2.75, 3.05) is 20.8 Å². The third-order valence-electron chi connectivity index (χ3n) is 13.0. The summed E-state index contributed by atoms with van der Waals surface area (Å²) in [6.07, 6.45) is -9.31. The second-order valence-corrected chi connectivity index (χ2v) is 18.0. The van der Waals surface area contributed by atoms with Crippen molar-refractivity contribution in [3.8, 4) is 0 Å². The topological polar surface area (TPSA) is 202 Å². The van der Waals surface area contributed by atoms with E-state index in [-0.39, 0.29) is 24.2 Å². The SMILES string of the molecule is CO[C@H]1C(=O)[C@]2(C)[C@@H](OC)C[C@H]3OC[C@@]3(OC(C)=O)[C@H]2C(OC(=O)c2ccccc2)[C@]2(O)C[C@H](OC(=O)[C@H](O)[C@@H](NC(=O)OC(C)(C)C)c3ccccc3)C(C)=C1C2(C)C. The van der Waals surface area contributed by atoms with Crippen LogP contribution in [0.2, 0.25) is 0 Å². The van der Waals surface area contributed by atoms with Crippen molar-refractivity contribution in [1.29, 1.82) is 0 Å². The molecule has 11 atom stereocenters. The number of benzene rings is 2. The number of carbonyl (C=O) groups excluding carboxylic acids is 5. The molecular formula is C45H57NO14. The average Bonchev–Trinajstić information content (AvgIpc) is 3.18. The Kier molecular flexibility index (Phi) is 12.2. The highest BCUT2D eigenvalue weighted by atomic mass is 16.6. The molecule has 2 aromatic rings. The first-order valence-electron chi connectivity index (χ1n) is 20.1. The van der Waals surface area contributed by atoms with Crippen LogP contribution in [-0.2, 0) is 47.5 Å². The van der Waals surface area contributed by atoms with Gasteiger partial charge in [0.1, 0.15) is 35.6 Å². The van der Waals surface area contributed by atoms with Crippen molar-refractivity contribution in [2.24, 2.45) is 16.7 Å². The Morgan fingerprint density at radius 2 is 1.55 bits per heavy atom. The Balaban J connectivity index is 1.52. The molecule has 1 amide bonds. The molecule has 1 saturated heterocycles. The zero-order valence-corrected chi connectivity index (χ0v) is 35.8. The van der Waals surface area contributed by atoms with E-state index in [4.69, 9.17) is 33.2 Å². The highest BCUT2D eigenvalue weighted by molar-refractivity contribution is 5.94. The van der Waals surface area contributed by atoms with E-state index in [1.54, 1.807) is 109 Å². The van der Waals surface area contributed by atoms with E-state index < -0.39 is 112 Å². The van der Waals surface area contributed by atoms with E-state index in [0.717, 1.165) is 0 Å². The molecule has 6 rings (SSSR count). The number of esters is 3. The van der Waals surface area contributed by atoms with Gasteiger partial charge in [-0.25, -0.2) is 14.4 Å². The van der Waals surface area contributed by atoms with Crippen molar-refractivity contribution in [3.05, 3.63) is 82.9 Å². The Morgan fingerprint density at radius 3 is 2.08 bits per heavy atom. The number of carbonyl (C=O) groups is 5. The van der Waals surface area contributed by atoms with Gasteiger partial charge in [-0.3, -0.25) is 9.59 Å². The number of hydrogen-bond acceptors (Lipinski definition) is 14. The molecule has 60 heavy (non-hydrogen) atoms. The first kappa shape index (κ1) is 44.9. The fourth-order valence-corrected chi connectivity index (χ4v) is 10.1. The predicted octanol–water partition coefficient (Wildman–Crippen LogP) is 4.57. The van der Waals surface area contributed by atoms with E-state index in [1.165, 1.54) is 21.1 Å². The summed E-state index contributed by atoms with van der Waals surface area (Å²) in [4.78, 5) is 70.1. The molecule has 0 spiro atoms. The van der Waals surface area contributed by atoms with Crippen LogP contribution in [0.5, 0.6) is 0 Å². The van der Waals surface area contributed by atoms with Crippen molar-refractivity contribution in [3.63, 3.8) is 0 Å². The number of fused-ring (bicyclic) bond motifs is 5. The Morgan fingerprint density at radius 1 is 0.933 bits per heavy atom.